The molecule has 0 aliphatic rings. The number of thioether (sulfide) groups is 1. The molecule has 0 aliphatic carbocycles. The van der Waals surface area contributed by atoms with Gasteiger partial charge in [0.2, 0.25) is 0 Å². The van der Waals surface area contributed by atoms with Gasteiger partial charge in [-0.25, -0.2) is 4.98 Å². The second kappa shape index (κ2) is 8.68. The van der Waals surface area contributed by atoms with Crippen LogP contribution in [0.3, 0.4) is 0 Å². The van der Waals surface area contributed by atoms with E-state index in [0.29, 0.717) is 11.3 Å². The highest BCUT2D eigenvalue weighted by Crippen LogP contribution is 2.27. The molecule has 2 aromatic rings. The maximum Gasteiger partial charge on any atom is 0.414 e. The molecule has 1 aromatic carbocycles. The molecule has 0 fully saturated rings. The normalized spacial score (nSPS) is 12.8. The number of hydrogen-bond acceptors (Lipinski definition) is 5. The zero-order valence-corrected chi connectivity index (χ0v) is 15.0. The molecule has 136 valence electrons. The predicted molar refractivity (Wildman–Crippen MR) is 91.9 cm³/mol. The lowest BCUT2D eigenvalue weighted by Crippen LogP contribution is -2.34. The second-order valence-electron chi connectivity index (χ2n) is 5.30. The van der Waals surface area contributed by atoms with E-state index in [1.165, 1.54) is 23.1 Å². The summed E-state index contributed by atoms with van der Waals surface area (Å²) in [6.07, 6.45) is -7.69. The van der Waals surface area contributed by atoms with Gasteiger partial charge in [-0.1, -0.05) is 30.0 Å². The van der Waals surface area contributed by atoms with Crippen LogP contribution in [0.25, 0.3) is 0 Å². The highest BCUT2D eigenvalue weighted by atomic mass is 32.2. The molecule has 0 saturated heterocycles. The number of nitrogens with one attached hydrogen (secondary N) is 1. The number of alkyl halides is 3. The van der Waals surface area contributed by atoms with E-state index in [9.17, 15) is 18.0 Å². The van der Waals surface area contributed by atoms with Crippen LogP contribution in [-0.4, -0.2) is 34.8 Å². The van der Waals surface area contributed by atoms with Gasteiger partial charge in [-0.3, -0.25) is 4.79 Å². The molecule has 1 heterocycles. The molecular formula is C16H17F3N2O2S2. The first-order chi connectivity index (χ1) is 11.8. The first-order valence-corrected chi connectivity index (χ1v) is 9.29. The number of thiazole rings is 1. The molecule has 0 radical (unpaired) electrons. The van der Waals surface area contributed by atoms with Crippen LogP contribution >= 0.6 is 23.1 Å². The molecule has 0 spiro atoms. The highest BCUT2D eigenvalue weighted by Gasteiger charge is 2.37. The number of benzene rings is 1. The van der Waals surface area contributed by atoms with Gasteiger partial charge < -0.3 is 10.4 Å². The van der Waals surface area contributed by atoms with Crippen LogP contribution in [0.4, 0.5) is 13.2 Å². The summed E-state index contributed by atoms with van der Waals surface area (Å²) in [5, 5.41) is 13.3. The quantitative estimate of drug-likeness (QED) is 0.706. The SMILES string of the molecule is Cc1csc(SCc2ccccc2C(=O)NCCC(O)C(F)(F)F)n1. The molecule has 2 N–H and O–H groups in total. The summed E-state index contributed by atoms with van der Waals surface area (Å²) < 4.78 is 37.7. The number of aliphatic hydroxyl groups excluding tert-OH is 1. The van der Waals surface area contributed by atoms with Crippen LogP contribution in [0.1, 0.15) is 28.0 Å². The summed E-state index contributed by atoms with van der Waals surface area (Å²) in [5.41, 5.74) is 2.11. The first kappa shape index (κ1) is 19.7. The van der Waals surface area contributed by atoms with Gasteiger partial charge in [-0.05, 0) is 25.0 Å². The molecule has 25 heavy (non-hydrogen) atoms. The summed E-state index contributed by atoms with van der Waals surface area (Å²) in [4.78, 5) is 16.6. The number of rotatable bonds is 7. The van der Waals surface area contributed by atoms with E-state index in [2.05, 4.69) is 10.3 Å². The minimum absolute atomic E-state index is 0.257. The fraction of sp³-hybridized carbons (Fsp3) is 0.375. The topological polar surface area (TPSA) is 62.2 Å². The Labute approximate surface area is 151 Å². The van der Waals surface area contributed by atoms with Gasteiger partial charge in [-0.15, -0.1) is 11.3 Å². The fourth-order valence-corrected chi connectivity index (χ4v) is 3.84. The van der Waals surface area contributed by atoms with Crippen molar-refractivity contribution in [2.24, 2.45) is 0 Å². The molecule has 1 atom stereocenters. The molecule has 0 bridgehead atoms. The number of hydrogen-bond donors (Lipinski definition) is 2. The molecule has 9 heteroatoms. The minimum atomic E-state index is -4.68. The number of aliphatic hydroxyl groups is 1. The van der Waals surface area contributed by atoms with Crippen LogP contribution in [0.15, 0.2) is 34.0 Å². The van der Waals surface area contributed by atoms with Gasteiger partial charge >= 0.3 is 6.18 Å². The number of aryl methyl sites for hydroxylation is 1. The zero-order valence-electron chi connectivity index (χ0n) is 13.3. The average molecular weight is 390 g/mol. The first-order valence-electron chi connectivity index (χ1n) is 7.43. The van der Waals surface area contributed by atoms with E-state index in [4.69, 9.17) is 5.11 Å². The maximum absolute atomic E-state index is 12.3. The average Bonchev–Trinajstić information content (AvgIpc) is 2.97. The fourth-order valence-electron chi connectivity index (χ4n) is 1.99. The molecule has 0 saturated carbocycles. The van der Waals surface area contributed by atoms with Crippen LogP contribution in [-0.2, 0) is 5.75 Å². The monoisotopic (exact) mass is 390 g/mol. The Morgan fingerprint density at radius 2 is 2.12 bits per heavy atom. The molecule has 1 amide bonds. The van der Waals surface area contributed by atoms with Crippen LogP contribution in [0, 0.1) is 6.92 Å². The molecule has 1 unspecified atom stereocenters. The van der Waals surface area contributed by atoms with Crippen molar-refractivity contribution in [3.05, 3.63) is 46.5 Å². The predicted octanol–water partition coefficient (Wildman–Crippen LogP) is 3.79. The van der Waals surface area contributed by atoms with Crippen molar-refractivity contribution in [2.45, 2.75) is 35.7 Å². The van der Waals surface area contributed by atoms with Gasteiger partial charge in [0.15, 0.2) is 6.10 Å². The molecule has 1 aromatic heterocycles. The second-order valence-corrected chi connectivity index (χ2v) is 7.38. The Bertz CT molecular complexity index is 719. The third-order valence-electron chi connectivity index (χ3n) is 3.29. The summed E-state index contributed by atoms with van der Waals surface area (Å²) in [6.45, 7) is 1.64. The number of amides is 1. The van der Waals surface area contributed by atoms with E-state index in [1.807, 2.05) is 12.3 Å². The Hall–Kier alpha value is -1.58. The van der Waals surface area contributed by atoms with E-state index >= 15 is 0 Å². The van der Waals surface area contributed by atoms with Gasteiger partial charge in [0.25, 0.3) is 5.91 Å². The Kier molecular flexibility index (Phi) is 6.86. The standard InChI is InChI=1S/C16H17F3N2O2S2/c1-10-8-24-15(21-10)25-9-11-4-2-3-5-12(11)14(23)20-7-6-13(22)16(17,18)19/h2-5,8,13,22H,6-7,9H2,1H3,(H,20,23). The molecule has 2 rings (SSSR count). The maximum atomic E-state index is 12.3. The van der Waals surface area contributed by atoms with Gasteiger partial charge in [0.1, 0.15) is 4.34 Å². The van der Waals surface area contributed by atoms with E-state index in [-0.39, 0.29) is 6.54 Å². The Morgan fingerprint density at radius 1 is 1.40 bits per heavy atom. The smallest absolute Gasteiger partial charge is 0.384 e. The van der Waals surface area contributed by atoms with Crippen LogP contribution < -0.4 is 5.32 Å². The van der Waals surface area contributed by atoms with Gasteiger partial charge in [-0.2, -0.15) is 13.2 Å². The molecule has 4 nitrogen and oxygen atoms in total. The van der Waals surface area contributed by atoms with Crippen LogP contribution in [0.5, 0.6) is 0 Å². The van der Waals surface area contributed by atoms with E-state index < -0.39 is 24.6 Å². The highest BCUT2D eigenvalue weighted by molar-refractivity contribution is 8.00. The van der Waals surface area contributed by atoms with Crippen molar-refractivity contribution in [2.75, 3.05) is 6.54 Å². The lowest BCUT2D eigenvalue weighted by molar-refractivity contribution is -0.204. The molecule has 0 aliphatic heterocycles. The Balaban J connectivity index is 1.93. The lowest BCUT2D eigenvalue weighted by Gasteiger charge is -2.15. The zero-order chi connectivity index (χ0) is 18.4. The van der Waals surface area contributed by atoms with Crippen molar-refractivity contribution in [1.82, 2.24) is 10.3 Å². The third-order valence-corrected chi connectivity index (χ3v) is 5.48. The lowest BCUT2D eigenvalue weighted by atomic mass is 10.1. The van der Waals surface area contributed by atoms with Crippen molar-refractivity contribution in [3.63, 3.8) is 0 Å². The van der Waals surface area contributed by atoms with Gasteiger partial charge in [0, 0.05) is 28.9 Å². The van der Waals surface area contributed by atoms with Crippen LogP contribution in [0.2, 0.25) is 0 Å². The number of aromatic nitrogens is 1. The minimum Gasteiger partial charge on any atom is -0.384 e. The van der Waals surface area contributed by atoms with Crippen molar-refractivity contribution in [1.29, 1.82) is 0 Å². The summed E-state index contributed by atoms with van der Waals surface area (Å²) in [7, 11) is 0. The van der Waals surface area contributed by atoms with Gasteiger partial charge in [0.05, 0.1) is 0 Å². The van der Waals surface area contributed by atoms with E-state index in [0.717, 1.165) is 15.6 Å². The Morgan fingerprint density at radius 3 is 2.76 bits per heavy atom. The summed E-state index contributed by atoms with van der Waals surface area (Å²) in [6, 6.07) is 6.92. The largest absolute Gasteiger partial charge is 0.414 e. The summed E-state index contributed by atoms with van der Waals surface area (Å²) in [5.74, 6) is 0.0720. The van der Waals surface area contributed by atoms with Crippen molar-refractivity contribution in [3.8, 4) is 0 Å². The number of carbonyl (C=O) groups is 1. The van der Waals surface area contributed by atoms with E-state index in [1.54, 1.807) is 24.3 Å². The molecular weight excluding hydrogens is 373 g/mol. The summed E-state index contributed by atoms with van der Waals surface area (Å²) >= 11 is 3.02. The number of nitrogens with zero attached hydrogens (tertiary/aromatic N) is 1. The van der Waals surface area contributed by atoms with Crippen molar-refractivity contribution >= 4 is 29.0 Å². The van der Waals surface area contributed by atoms with Crippen molar-refractivity contribution < 1.29 is 23.1 Å². The number of carbonyl (C=O) groups excluding carboxylic acids is 1. The third kappa shape index (κ3) is 6.02. The number of halogens is 3.